The maximum atomic E-state index is 13.2. The van der Waals surface area contributed by atoms with Crippen molar-refractivity contribution in [2.45, 2.75) is 0 Å². The second-order valence-electron chi connectivity index (χ2n) is 4.09. The Morgan fingerprint density at radius 3 is 2.62 bits per heavy atom. The summed E-state index contributed by atoms with van der Waals surface area (Å²) >= 11 is 3.34. The molecule has 4 nitrogen and oxygen atoms in total. The molecule has 0 atom stereocenters. The van der Waals surface area contributed by atoms with Crippen LogP contribution < -0.4 is 0 Å². The van der Waals surface area contributed by atoms with Gasteiger partial charge in [0.1, 0.15) is 0 Å². The van der Waals surface area contributed by atoms with Crippen molar-refractivity contribution in [1.29, 1.82) is 0 Å². The number of nitrogens with zero attached hydrogens (tertiary/aromatic N) is 2. The van der Waals surface area contributed by atoms with Gasteiger partial charge in [-0.2, -0.15) is 4.39 Å². The van der Waals surface area contributed by atoms with Crippen LogP contribution in [-0.2, 0) is 0 Å². The minimum absolute atomic E-state index is 0.307. The van der Waals surface area contributed by atoms with Crippen molar-refractivity contribution in [2.75, 3.05) is 0 Å². The fourth-order valence-electron chi connectivity index (χ4n) is 1.60. The van der Waals surface area contributed by atoms with Crippen LogP contribution in [-0.4, -0.2) is 11.1 Å². The highest BCUT2D eigenvalue weighted by atomic mass is 79.9. The number of benzene rings is 2. The van der Waals surface area contributed by atoms with Crippen LogP contribution in [0.25, 0.3) is 6.08 Å². The molecular weight excluding hydrogens is 339 g/mol. The summed E-state index contributed by atoms with van der Waals surface area (Å²) in [6, 6.07) is 13.1. The molecule has 0 aromatic heterocycles. The number of aliphatic imine (C=N–C) groups is 1. The van der Waals surface area contributed by atoms with Crippen LogP contribution in [0.1, 0.15) is 5.56 Å². The fourth-order valence-corrected chi connectivity index (χ4v) is 1.97. The number of rotatable bonds is 4. The standard InChI is InChI=1S/C15H10BrFN2O2/c16-12(8-11-4-2-1-3-5-11)10-18-13-6-7-14(17)15(9-13)19(20)21/h1-10H/b12-8-,18-10?. The van der Waals surface area contributed by atoms with Gasteiger partial charge in [-0.15, -0.1) is 0 Å². The number of hydrogen-bond donors (Lipinski definition) is 0. The lowest BCUT2D eigenvalue weighted by Crippen LogP contribution is -1.91. The number of hydrogen-bond acceptors (Lipinski definition) is 3. The van der Waals surface area contributed by atoms with Crippen molar-refractivity contribution < 1.29 is 9.31 Å². The Labute approximate surface area is 128 Å². The first-order chi connectivity index (χ1) is 10.1. The molecule has 0 unspecified atom stereocenters. The van der Waals surface area contributed by atoms with E-state index in [-0.39, 0.29) is 0 Å². The van der Waals surface area contributed by atoms with Gasteiger partial charge in [0.15, 0.2) is 0 Å². The van der Waals surface area contributed by atoms with Gasteiger partial charge in [0.25, 0.3) is 0 Å². The number of nitro benzene ring substituents is 1. The van der Waals surface area contributed by atoms with Crippen molar-refractivity contribution in [1.82, 2.24) is 0 Å². The molecule has 0 heterocycles. The van der Waals surface area contributed by atoms with E-state index in [4.69, 9.17) is 0 Å². The van der Waals surface area contributed by atoms with Gasteiger partial charge in [-0.1, -0.05) is 30.3 Å². The summed E-state index contributed by atoms with van der Waals surface area (Å²) in [5.74, 6) is -0.877. The van der Waals surface area contributed by atoms with Gasteiger partial charge in [0.2, 0.25) is 5.82 Å². The van der Waals surface area contributed by atoms with Gasteiger partial charge < -0.3 is 0 Å². The fraction of sp³-hybridized carbons (Fsp3) is 0. The van der Waals surface area contributed by atoms with Crippen LogP contribution in [0, 0.1) is 15.9 Å². The van der Waals surface area contributed by atoms with E-state index >= 15 is 0 Å². The van der Waals surface area contributed by atoms with Gasteiger partial charge in [0, 0.05) is 16.8 Å². The molecule has 0 N–H and O–H groups in total. The Morgan fingerprint density at radius 1 is 1.24 bits per heavy atom. The average Bonchev–Trinajstić information content (AvgIpc) is 2.47. The lowest BCUT2D eigenvalue weighted by molar-refractivity contribution is -0.387. The van der Waals surface area contributed by atoms with Gasteiger partial charge in [-0.3, -0.25) is 15.1 Å². The zero-order chi connectivity index (χ0) is 15.2. The van der Waals surface area contributed by atoms with Gasteiger partial charge in [-0.05, 0) is 39.7 Å². The topological polar surface area (TPSA) is 55.5 Å². The predicted octanol–water partition coefficient (Wildman–Crippen LogP) is 4.87. The van der Waals surface area contributed by atoms with Crippen LogP contribution in [0.5, 0.6) is 0 Å². The zero-order valence-electron chi connectivity index (χ0n) is 10.7. The highest BCUT2D eigenvalue weighted by Gasteiger charge is 2.13. The van der Waals surface area contributed by atoms with E-state index in [0.29, 0.717) is 10.2 Å². The average molecular weight is 349 g/mol. The summed E-state index contributed by atoms with van der Waals surface area (Å²) in [5.41, 5.74) is 0.704. The summed E-state index contributed by atoms with van der Waals surface area (Å²) in [5, 5.41) is 10.6. The molecule has 21 heavy (non-hydrogen) atoms. The summed E-state index contributed by atoms with van der Waals surface area (Å²) in [6.45, 7) is 0. The molecule has 0 saturated heterocycles. The van der Waals surface area contributed by atoms with E-state index in [1.54, 1.807) is 0 Å². The molecular formula is C15H10BrFN2O2. The minimum Gasteiger partial charge on any atom is -0.258 e. The van der Waals surface area contributed by atoms with Crippen LogP contribution in [0.15, 0.2) is 58.0 Å². The lowest BCUT2D eigenvalue weighted by atomic mass is 10.2. The molecule has 0 radical (unpaired) electrons. The van der Waals surface area contributed by atoms with Crippen molar-refractivity contribution in [3.8, 4) is 0 Å². The summed E-state index contributed by atoms with van der Waals surface area (Å²) in [7, 11) is 0. The Kier molecular flexibility index (Phi) is 4.94. The third-order valence-corrected chi connectivity index (χ3v) is 3.00. The Balaban J connectivity index is 2.20. The molecule has 0 bridgehead atoms. The van der Waals surface area contributed by atoms with Crippen molar-refractivity contribution in [3.63, 3.8) is 0 Å². The molecule has 2 rings (SSSR count). The smallest absolute Gasteiger partial charge is 0.258 e. The first-order valence-electron chi connectivity index (χ1n) is 5.96. The normalized spacial score (nSPS) is 11.8. The molecule has 106 valence electrons. The Morgan fingerprint density at radius 2 is 1.95 bits per heavy atom. The minimum atomic E-state index is -0.877. The van der Waals surface area contributed by atoms with Crippen LogP contribution in [0.3, 0.4) is 0 Å². The van der Waals surface area contributed by atoms with Crippen molar-refractivity contribution in [3.05, 3.63) is 74.5 Å². The Hall–Kier alpha value is -2.34. The van der Waals surface area contributed by atoms with Gasteiger partial charge >= 0.3 is 5.69 Å². The van der Waals surface area contributed by atoms with E-state index in [1.807, 2.05) is 36.4 Å². The lowest BCUT2D eigenvalue weighted by Gasteiger charge is -1.96. The van der Waals surface area contributed by atoms with Gasteiger partial charge in [0.05, 0.1) is 10.6 Å². The predicted molar refractivity (Wildman–Crippen MR) is 84.6 cm³/mol. The molecule has 2 aromatic rings. The van der Waals surface area contributed by atoms with E-state index < -0.39 is 16.4 Å². The Bertz CT molecular complexity index is 715. The largest absolute Gasteiger partial charge is 0.306 e. The maximum Gasteiger partial charge on any atom is 0.306 e. The second-order valence-corrected chi connectivity index (χ2v) is 5.01. The molecule has 0 fully saturated rings. The summed E-state index contributed by atoms with van der Waals surface area (Å²) in [4.78, 5) is 13.9. The number of allylic oxidation sites excluding steroid dienone is 1. The first-order valence-corrected chi connectivity index (χ1v) is 6.76. The van der Waals surface area contributed by atoms with E-state index in [2.05, 4.69) is 20.9 Å². The molecule has 0 saturated carbocycles. The van der Waals surface area contributed by atoms with E-state index in [9.17, 15) is 14.5 Å². The SMILES string of the molecule is O=[N+]([O-])c1cc(N=C/C(Br)=C/c2ccccc2)ccc1F. The summed E-state index contributed by atoms with van der Waals surface area (Å²) in [6.07, 6.45) is 3.35. The van der Waals surface area contributed by atoms with Crippen molar-refractivity contribution >= 4 is 39.6 Å². The van der Waals surface area contributed by atoms with E-state index in [1.165, 1.54) is 12.3 Å². The quantitative estimate of drug-likeness (QED) is 0.449. The molecule has 0 spiro atoms. The third-order valence-electron chi connectivity index (χ3n) is 2.57. The molecule has 0 amide bonds. The number of nitro groups is 1. The molecule has 0 aliphatic carbocycles. The first kappa shape index (κ1) is 15.1. The third kappa shape index (κ3) is 4.32. The number of halogens is 2. The van der Waals surface area contributed by atoms with Gasteiger partial charge in [-0.25, -0.2) is 0 Å². The highest BCUT2D eigenvalue weighted by molar-refractivity contribution is 9.12. The molecule has 0 aliphatic heterocycles. The second kappa shape index (κ2) is 6.90. The molecule has 2 aromatic carbocycles. The molecule has 6 heteroatoms. The zero-order valence-corrected chi connectivity index (χ0v) is 12.3. The maximum absolute atomic E-state index is 13.2. The van der Waals surface area contributed by atoms with Crippen LogP contribution in [0.4, 0.5) is 15.8 Å². The van der Waals surface area contributed by atoms with Crippen LogP contribution >= 0.6 is 15.9 Å². The van der Waals surface area contributed by atoms with Crippen molar-refractivity contribution in [2.24, 2.45) is 4.99 Å². The van der Waals surface area contributed by atoms with E-state index in [0.717, 1.165) is 17.7 Å². The van der Waals surface area contributed by atoms with Crippen LogP contribution in [0.2, 0.25) is 0 Å². The highest BCUT2D eigenvalue weighted by Crippen LogP contribution is 2.23. The monoisotopic (exact) mass is 348 g/mol. The molecule has 0 aliphatic rings. The summed E-state index contributed by atoms with van der Waals surface area (Å²) < 4.78 is 13.9.